The normalized spacial score (nSPS) is 21.3. The Hall–Kier alpha value is -1.78. The number of amides is 1. The van der Waals surface area contributed by atoms with Crippen molar-refractivity contribution in [1.29, 1.82) is 0 Å². The number of carbonyl (C=O) groups excluding carboxylic acids is 1. The highest BCUT2D eigenvalue weighted by Crippen LogP contribution is 2.50. The maximum Gasteiger partial charge on any atom is 0.220 e. The van der Waals surface area contributed by atoms with Crippen molar-refractivity contribution in [3.05, 3.63) is 63.4 Å². The van der Waals surface area contributed by atoms with Gasteiger partial charge in [-0.15, -0.1) is 0 Å². The van der Waals surface area contributed by atoms with Crippen LogP contribution in [0, 0.1) is 11.7 Å². The largest absolute Gasteiger partial charge is 0.384 e. The van der Waals surface area contributed by atoms with E-state index in [4.69, 9.17) is 28.9 Å². The highest BCUT2D eigenvalue weighted by molar-refractivity contribution is 6.31. The fourth-order valence-corrected chi connectivity index (χ4v) is 4.26. The average molecular weight is 381 g/mol. The predicted octanol–water partition coefficient (Wildman–Crippen LogP) is 4.72. The van der Waals surface area contributed by atoms with Gasteiger partial charge in [0, 0.05) is 34.5 Å². The molecule has 3 nitrogen and oxygen atoms in total. The first kappa shape index (κ1) is 18.0. The maximum atomic E-state index is 14.8. The van der Waals surface area contributed by atoms with Crippen LogP contribution in [0.15, 0.2) is 36.4 Å². The molecule has 132 valence electrons. The van der Waals surface area contributed by atoms with Gasteiger partial charge in [-0.25, -0.2) is 4.39 Å². The molecule has 2 aromatic carbocycles. The summed E-state index contributed by atoms with van der Waals surface area (Å²) in [6.45, 7) is 4.27. The third-order valence-electron chi connectivity index (χ3n) is 5.19. The van der Waals surface area contributed by atoms with Crippen LogP contribution in [0.5, 0.6) is 0 Å². The molecular formula is C19H19Cl2FN2O. The number of hydrogen-bond acceptors (Lipinski definition) is 2. The van der Waals surface area contributed by atoms with Crippen LogP contribution in [0.4, 0.5) is 10.1 Å². The van der Waals surface area contributed by atoms with Gasteiger partial charge in [-0.2, -0.15) is 0 Å². The Bertz CT molecular complexity index is 842. The number of halogens is 3. The fraction of sp³-hybridized carbons (Fsp3) is 0.316. The van der Waals surface area contributed by atoms with Crippen LogP contribution in [0.2, 0.25) is 10.0 Å². The molecule has 0 radical (unpaired) electrons. The summed E-state index contributed by atoms with van der Waals surface area (Å²) in [6.07, 6.45) is 0. The van der Waals surface area contributed by atoms with E-state index in [2.05, 4.69) is 5.32 Å². The molecule has 3 unspecified atom stereocenters. The smallest absolute Gasteiger partial charge is 0.220 e. The average Bonchev–Trinajstić information content (AvgIpc) is 2.88. The van der Waals surface area contributed by atoms with E-state index < -0.39 is 29.0 Å². The number of primary amides is 1. The SMILES string of the molecule is CC(C(N)=O)C(c1cccc(Cl)c1F)C1(C)CNc2cc(Cl)ccc21. The summed E-state index contributed by atoms with van der Waals surface area (Å²) >= 11 is 12.1. The second-order valence-corrected chi connectivity index (χ2v) is 7.62. The number of carbonyl (C=O) groups is 1. The zero-order valence-electron chi connectivity index (χ0n) is 13.9. The van der Waals surface area contributed by atoms with Crippen molar-refractivity contribution >= 4 is 34.8 Å². The lowest BCUT2D eigenvalue weighted by Crippen LogP contribution is -2.41. The Morgan fingerprint density at radius 3 is 2.72 bits per heavy atom. The molecule has 0 saturated carbocycles. The number of anilines is 1. The highest BCUT2D eigenvalue weighted by atomic mass is 35.5. The molecule has 1 aliphatic heterocycles. The van der Waals surface area contributed by atoms with E-state index in [9.17, 15) is 9.18 Å². The van der Waals surface area contributed by atoms with Crippen molar-refractivity contribution in [2.45, 2.75) is 25.2 Å². The Morgan fingerprint density at radius 2 is 2.04 bits per heavy atom. The lowest BCUT2D eigenvalue weighted by molar-refractivity contribution is -0.122. The van der Waals surface area contributed by atoms with E-state index in [-0.39, 0.29) is 5.02 Å². The van der Waals surface area contributed by atoms with Crippen molar-refractivity contribution in [1.82, 2.24) is 0 Å². The second-order valence-electron chi connectivity index (χ2n) is 6.77. The minimum absolute atomic E-state index is 0.0325. The van der Waals surface area contributed by atoms with E-state index in [0.717, 1.165) is 11.3 Å². The third-order valence-corrected chi connectivity index (χ3v) is 5.72. The summed E-state index contributed by atoms with van der Waals surface area (Å²) in [7, 11) is 0. The standard InChI is InChI=1S/C19H19Cl2FN2O/c1-10(18(23)25)16(12-4-3-5-14(21)17(12)22)19(2)9-24-15-8-11(20)6-7-13(15)19/h3-8,10,16,24H,9H2,1-2H3,(H2,23,25). The molecule has 1 aliphatic rings. The van der Waals surface area contributed by atoms with Gasteiger partial charge in [0.2, 0.25) is 5.91 Å². The van der Waals surface area contributed by atoms with Crippen LogP contribution in [0.25, 0.3) is 0 Å². The van der Waals surface area contributed by atoms with Gasteiger partial charge in [0.15, 0.2) is 0 Å². The second kappa shape index (κ2) is 6.50. The van der Waals surface area contributed by atoms with E-state index in [1.54, 1.807) is 25.1 Å². The van der Waals surface area contributed by atoms with E-state index >= 15 is 0 Å². The number of hydrogen-bond donors (Lipinski definition) is 2. The van der Waals surface area contributed by atoms with Crippen LogP contribution in [0.3, 0.4) is 0 Å². The highest BCUT2D eigenvalue weighted by Gasteiger charge is 2.47. The monoisotopic (exact) mass is 380 g/mol. The molecule has 0 fully saturated rings. The lowest BCUT2D eigenvalue weighted by atomic mass is 9.65. The minimum Gasteiger partial charge on any atom is -0.384 e. The maximum absolute atomic E-state index is 14.8. The van der Waals surface area contributed by atoms with Crippen LogP contribution in [-0.4, -0.2) is 12.5 Å². The van der Waals surface area contributed by atoms with Gasteiger partial charge in [0.05, 0.1) is 5.02 Å². The Balaban J connectivity index is 2.20. The summed E-state index contributed by atoms with van der Waals surface area (Å²) in [5.74, 6) is -2.04. The zero-order chi connectivity index (χ0) is 18.4. The number of nitrogens with two attached hydrogens (primary N) is 1. The molecule has 25 heavy (non-hydrogen) atoms. The third kappa shape index (κ3) is 2.98. The predicted molar refractivity (Wildman–Crippen MR) is 99.8 cm³/mol. The molecule has 2 aromatic rings. The van der Waals surface area contributed by atoms with Gasteiger partial charge < -0.3 is 11.1 Å². The van der Waals surface area contributed by atoms with Crippen LogP contribution < -0.4 is 11.1 Å². The van der Waals surface area contributed by atoms with Gasteiger partial charge >= 0.3 is 0 Å². The molecule has 0 aromatic heterocycles. The zero-order valence-corrected chi connectivity index (χ0v) is 15.5. The first-order chi connectivity index (χ1) is 11.8. The molecule has 3 atom stereocenters. The molecule has 6 heteroatoms. The van der Waals surface area contributed by atoms with Crippen molar-refractivity contribution in [2.75, 3.05) is 11.9 Å². The number of benzene rings is 2. The summed E-state index contributed by atoms with van der Waals surface area (Å²) < 4.78 is 14.8. The van der Waals surface area contributed by atoms with Crippen molar-refractivity contribution < 1.29 is 9.18 Å². The Morgan fingerprint density at radius 1 is 1.32 bits per heavy atom. The minimum atomic E-state index is -0.582. The van der Waals surface area contributed by atoms with E-state index in [1.165, 1.54) is 6.07 Å². The number of fused-ring (bicyclic) bond motifs is 1. The number of rotatable bonds is 4. The molecule has 0 spiro atoms. The van der Waals surface area contributed by atoms with Gasteiger partial charge in [-0.05, 0) is 29.3 Å². The first-order valence-corrected chi connectivity index (χ1v) is 8.78. The van der Waals surface area contributed by atoms with E-state index in [1.807, 2.05) is 19.1 Å². The Kier molecular flexibility index (Phi) is 4.69. The summed E-state index contributed by atoms with van der Waals surface area (Å²) in [5.41, 5.74) is 7.32. The fourth-order valence-electron chi connectivity index (χ4n) is 3.90. The van der Waals surface area contributed by atoms with Crippen molar-refractivity contribution in [3.63, 3.8) is 0 Å². The van der Waals surface area contributed by atoms with Crippen LogP contribution in [0.1, 0.15) is 30.9 Å². The Labute approximate surface area is 156 Å². The summed E-state index contributed by atoms with van der Waals surface area (Å²) in [6, 6.07) is 10.4. The van der Waals surface area contributed by atoms with Gasteiger partial charge in [-0.1, -0.05) is 55.2 Å². The number of nitrogens with one attached hydrogen (secondary N) is 1. The van der Waals surface area contributed by atoms with Crippen LogP contribution >= 0.6 is 23.2 Å². The molecule has 1 amide bonds. The molecular weight excluding hydrogens is 362 g/mol. The molecule has 3 N–H and O–H groups in total. The topological polar surface area (TPSA) is 55.1 Å². The van der Waals surface area contributed by atoms with Crippen LogP contribution in [-0.2, 0) is 10.2 Å². The summed E-state index contributed by atoms with van der Waals surface area (Å²) in [5, 5.41) is 3.96. The molecule has 3 rings (SSSR count). The molecule has 0 saturated heterocycles. The quantitative estimate of drug-likeness (QED) is 0.805. The molecule has 0 bridgehead atoms. The van der Waals surface area contributed by atoms with Crippen molar-refractivity contribution in [2.24, 2.45) is 11.7 Å². The van der Waals surface area contributed by atoms with Gasteiger partial charge in [-0.3, -0.25) is 4.79 Å². The van der Waals surface area contributed by atoms with Gasteiger partial charge in [0.1, 0.15) is 5.82 Å². The molecule has 1 heterocycles. The first-order valence-electron chi connectivity index (χ1n) is 8.03. The van der Waals surface area contributed by atoms with Crippen molar-refractivity contribution in [3.8, 4) is 0 Å². The van der Waals surface area contributed by atoms with Gasteiger partial charge in [0.25, 0.3) is 0 Å². The summed E-state index contributed by atoms with van der Waals surface area (Å²) in [4.78, 5) is 12.0. The molecule has 0 aliphatic carbocycles. The van der Waals surface area contributed by atoms with E-state index in [0.29, 0.717) is 17.1 Å². The lowest BCUT2D eigenvalue weighted by Gasteiger charge is -2.38.